The van der Waals surface area contributed by atoms with Gasteiger partial charge in [0.25, 0.3) is 0 Å². The second-order valence-electron chi connectivity index (χ2n) is 6.13. The summed E-state index contributed by atoms with van der Waals surface area (Å²) in [5.74, 6) is -0.606. The topological polar surface area (TPSA) is 40.9 Å². The van der Waals surface area contributed by atoms with E-state index in [2.05, 4.69) is 32.2 Å². The quantitative estimate of drug-likeness (QED) is 0.443. The minimum atomic E-state index is -0.606. The standard InChI is InChI=1S/C11H15NO.C6H7.C2H6Si.2ClH.Ti/c1-11(2,3)9-7-5-4-6-8(9)10(12)13;1-6-4-2-3-5-6;1-3-2;;;/h4-7H,1-3H3,(H2,12,13);4-5H,2H2,1H3;1-2H3;2*1H;/q;-1;;;;+4/p-3. The summed E-state index contributed by atoms with van der Waals surface area (Å²) >= 11 is 0. The van der Waals surface area contributed by atoms with Crippen molar-refractivity contribution in [2.75, 3.05) is 0 Å². The maximum Gasteiger partial charge on any atom is 4.00 e. The Morgan fingerprint density at radius 3 is 1.88 bits per heavy atom. The fourth-order valence-corrected chi connectivity index (χ4v) is 1.83. The number of carbonyl (C=O) groups excluding carboxylic acids is 1. The van der Waals surface area contributed by atoms with Crippen LogP contribution in [0, 0.1) is 6.08 Å². The molecule has 0 atom stereocenters. The van der Waals surface area contributed by atoms with Crippen LogP contribution in [-0.4, -0.2) is 15.4 Å². The van der Waals surface area contributed by atoms with Crippen molar-refractivity contribution in [2.24, 2.45) is 0 Å². The van der Waals surface area contributed by atoms with Gasteiger partial charge in [0.1, 0.15) is 0 Å². The Morgan fingerprint density at radius 2 is 1.64 bits per heavy atom. The van der Waals surface area contributed by atoms with E-state index >= 15 is 0 Å². The van der Waals surface area contributed by atoms with Crippen LogP contribution in [0.1, 0.15) is 50.0 Å². The summed E-state index contributed by atoms with van der Waals surface area (Å²) in [7, 11) is 1.08. The molecular formula is C19H27Cl2NOSiTi. The van der Waals surface area contributed by atoms with Gasteiger partial charge in [-0.2, -0.15) is 6.08 Å². The number of hydrogen-bond acceptors (Lipinski definition) is 1. The molecule has 1 aromatic carbocycles. The molecule has 0 heterocycles. The van der Waals surface area contributed by atoms with Crippen molar-refractivity contribution in [1.82, 2.24) is 0 Å². The predicted molar refractivity (Wildman–Crippen MR) is 97.5 cm³/mol. The summed E-state index contributed by atoms with van der Waals surface area (Å²) in [5.41, 5.74) is 9.82. The third-order valence-electron chi connectivity index (χ3n) is 2.85. The van der Waals surface area contributed by atoms with Gasteiger partial charge in [-0.05, 0) is 11.0 Å². The van der Waals surface area contributed by atoms with E-state index in [0.29, 0.717) is 5.56 Å². The monoisotopic (exact) mass is 431 g/mol. The van der Waals surface area contributed by atoms with Crippen LogP contribution in [0.2, 0.25) is 13.1 Å². The summed E-state index contributed by atoms with van der Waals surface area (Å²) in [6.45, 7) is 12.5. The normalized spacial score (nSPS) is 11.0. The molecule has 0 spiro atoms. The van der Waals surface area contributed by atoms with Crippen LogP contribution in [0.5, 0.6) is 0 Å². The molecule has 1 aromatic rings. The van der Waals surface area contributed by atoms with Crippen molar-refractivity contribution in [3.63, 3.8) is 0 Å². The molecule has 1 amide bonds. The average Bonchev–Trinajstić information content (AvgIpc) is 2.90. The van der Waals surface area contributed by atoms with Crippen molar-refractivity contribution in [2.45, 2.75) is 52.6 Å². The van der Waals surface area contributed by atoms with Crippen LogP contribution in [0.3, 0.4) is 0 Å². The molecule has 1 aliphatic carbocycles. The van der Waals surface area contributed by atoms with Gasteiger partial charge in [-0.3, -0.25) is 6.08 Å². The molecule has 0 unspecified atom stereocenters. The number of carbonyl (C=O) groups is 1. The summed E-state index contributed by atoms with van der Waals surface area (Å²) in [4.78, 5) is 11.0. The summed E-state index contributed by atoms with van der Waals surface area (Å²) in [5, 5.41) is 0. The van der Waals surface area contributed by atoms with Crippen LogP contribution in [0.4, 0.5) is 0 Å². The molecule has 0 saturated carbocycles. The molecular weight excluding hydrogens is 405 g/mol. The number of allylic oxidation sites excluding steroid dienone is 4. The van der Waals surface area contributed by atoms with Gasteiger partial charge in [-0.25, -0.2) is 11.6 Å². The number of benzene rings is 1. The average molecular weight is 432 g/mol. The number of nitrogens with one attached hydrogen (secondary N) is 1. The predicted octanol–water partition coefficient (Wildman–Crippen LogP) is -0.335. The molecule has 1 N–H and O–H groups in total. The first-order chi connectivity index (χ1) is 10.2. The molecule has 0 bridgehead atoms. The number of halogens is 2. The van der Waals surface area contributed by atoms with E-state index < -0.39 is 5.91 Å². The van der Waals surface area contributed by atoms with Crippen LogP contribution in [-0.2, 0) is 27.1 Å². The van der Waals surface area contributed by atoms with Crippen molar-refractivity contribution in [3.05, 3.63) is 64.9 Å². The zero-order chi connectivity index (χ0) is 17.2. The Balaban J connectivity index is -0.000000156. The van der Waals surface area contributed by atoms with Gasteiger partial charge in [0.05, 0.1) is 5.91 Å². The zero-order valence-electron chi connectivity index (χ0n) is 15.8. The summed E-state index contributed by atoms with van der Waals surface area (Å²) in [6, 6.07) is 7.29. The van der Waals surface area contributed by atoms with Crippen LogP contribution in [0.15, 0.2) is 42.0 Å². The van der Waals surface area contributed by atoms with E-state index in [0.717, 1.165) is 21.5 Å². The van der Waals surface area contributed by atoms with Gasteiger partial charge in [0.15, 0.2) is 0 Å². The van der Waals surface area contributed by atoms with E-state index in [1.807, 2.05) is 39.0 Å². The van der Waals surface area contributed by atoms with Crippen molar-refractivity contribution < 1.29 is 51.3 Å². The van der Waals surface area contributed by atoms with Crippen molar-refractivity contribution in [3.8, 4) is 0 Å². The first-order valence-electron chi connectivity index (χ1n) is 7.41. The Labute approximate surface area is 183 Å². The molecule has 136 valence electrons. The summed E-state index contributed by atoms with van der Waals surface area (Å²) in [6.07, 6.45) is 8.24. The van der Waals surface area contributed by atoms with Crippen LogP contribution < -0.4 is 24.8 Å². The van der Waals surface area contributed by atoms with Crippen LogP contribution in [0.25, 0.3) is 5.73 Å². The van der Waals surface area contributed by atoms with Gasteiger partial charge in [-0.1, -0.05) is 58.1 Å². The Kier molecular flexibility index (Phi) is 22.2. The van der Waals surface area contributed by atoms with E-state index in [4.69, 9.17) is 5.73 Å². The zero-order valence-corrected chi connectivity index (χ0v) is 19.9. The van der Waals surface area contributed by atoms with E-state index in [1.54, 1.807) is 12.1 Å². The molecule has 1 aliphatic rings. The molecule has 25 heavy (non-hydrogen) atoms. The molecule has 0 saturated heterocycles. The van der Waals surface area contributed by atoms with E-state index in [1.165, 1.54) is 5.57 Å². The Morgan fingerprint density at radius 1 is 1.16 bits per heavy atom. The fraction of sp³-hybridized carbons (Fsp3) is 0.421. The molecule has 0 aromatic heterocycles. The maximum absolute atomic E-state index is 11.0. The van der Waals surface area contributed by atoms with Gasteiger partial charge in [0, 0.05) is 15.1 Å². The minimum Gasteiger partial charge on any atom is -1.00 e. The third kappa shape index (κ3) is 14.5. The van der Waals surface area contributed by atoms with Gasteiger partial charge >= 0.3 is 21.7 Å². The first-order valence-corrected chi connectivity index (χ1v) is 9.41. The smallest absolute Gasteiger partial charge is 1.00 e. The molecule has 2 radical (unpaired) electrons. The SMILES string of the molecule is CC(C)(C)c1ccccc1C([NH-])=O.CC1=CC[C-]=C1.C[Si]C.[Cl-].[Cl-].[Ti+4]. The molecule has 6 heteroatoms. The van der Waals surface area contributed by atoms with Gasteiger partial charge < -0.3 is 35.3 Å². The van der Waals surface area contributed by atoms with Gasteiger partial charge in [0.2, 0.25) is 0 Å². The number of hydrogen-bond donors (Lipinski definition) is 0. The summed E-state index contributed by atoms with van der Waals surface area (Å²) < 4.78 is 0. The van der Waals surface area contributed by atoms with E-state index in [9.17, 15) is 4.79 Å². The number of amides is 1. The first kappa shape index (κ1) is 32.4. The molecule has 2 nitrogen and oxygen atoms in total. The fourth-order valence-electron chi connectivity index (χ4n) is 1.83. The molecule has 0 fully saturated rings. The van der Waals surface area contributed by atoms with Crippen molar-refractivity contribution >= 4 is 15.4 Å². The third-order valence-corrected chi connectivity index (χ3v) is 2.85. The Bertz CT molecular complexity index is 538. The Hall–Kier alpha value is -0.319. The minimum absolute atomic E-state index is 0. The second kappa shape index (κ2) is 17.1. The maximum atomic E-state index is 11.0. The van der Waals surface area contributed by atoms with Gasteiger partial charge in [-0.15, -0.1) is 13.3 Å². The van der Waals surface area contributed by atoms with Crippen LogP contribution >= 0.6 is 0 Å². The molecule has 0 aliphatic heterocycles. The number of rotatable bonds is 1. The largest absolute Gasteiger partial charge is 4.00 e. The van der Waals surface area contributed by atoms with E-state index in [-0.39, 0.29) is 51.9 Å². The molecule has 2 rings (SSSR count). The second-order valence-corrected chi connectivity index (χ2v) is 7.13. The van der Waals surface area contributed by atoms with Crippen molar-refractivity contribution in [1.29, 1.82) is 0 Å².